The molecule has 3 rings (SSSR count). The van der Waals surface area contributed by atoms with Crippen molar-refractivity contribution in [2.24, 2.45) is 5.92 Å². The van der Waals surface area contributed by atoms with Crippen LogP contribution in [0.3, 0.4) is 0 Å². The van der Waals surface area contributed by atoms with E-state index in [0.717, 1.165) is 24.8 Å². The SMILES string of the molecule is C[C@]1(CCc2ccccc2)NC(=O)N(NC(=O)COC(=O)C2CCC2)C1=O. The minimum absolute atomic E-state index is 0.143. The molecule has 0 bridgehead atoms. The molecule has 0 unspecified atom stereocenters. The number of benzene rings is 1. The number of urea groups is 1. The van der Waals surface area contributed by atoms with Gasteiger partial charge in [-0.05, 0) is 38.2 Å². The molecular formula is C19H23N3O5. The quantitative estimate of drug-likeness (QED) is 0.554. The van der Waals surface area contributed by atoms with Gasteiger partial charge in [-0.2, -0.15) is 5.01 Å². The predicted molar refractivity (Wildman–Crippen MR) is 95.0 cm³/mol. The summed E-state index contributed by atoms with van der Waals surface area (Å²) < 4.78 is 4.93. The van der Waals surface area contributed by atoms with Crippen molar-refractivity contribution in [2.75, 3.05) is 6.61 Å². The fourth-order valence-corrected chi connectivity index (χ4v) is 3.05. The lowest BCUT2D eigenvalue weighted by molar-refractivity contribution is -0.156. The van der Waals surface area contributed by atoms with Crippen LogP contribution in [0.2, 0.25) is 0 Å². The molecule has 1 saturated carbocycles. The molecule has 1 saturated heterocycles. The van der Waals surface area contributed by atoms with Gasteiger partial charge in [-0.1, -0.05) is 36.8 Å². The first-order valence-electron chi connectivity index (χ1n) is 9.06. The smallest absolute Gasteiger partial charge is 0.344 e. The first-order chi connectivity index (χ1) is 12.9. The van der Waals surface area contributed by atoms with E-state index < -0.39 is 36.0 Å². The lowest BCUT2D eigenvalue weighted by Crippen LogP contribution is -2.50. The minimum Gasteiger partial charge on any atom is -0.455 e. The Bertz CT molecular complexity index is 747. The number of carbonyl (C=O) groups is 4. The van der Waals surface area contributed by atoms with Crippen LogP contribution in [0.4, 0.5) is 4.79 Å². The Morgan fingerprint density at radius 1 is 1.26 bits per heavy atom. The summed E-state index contributed by atoms with van der Waals surface area (Å²) in [6.07, 6.45) is 3.52. The number of nitrogens with one attached hydrogen (secondary N) is 2. The van der Waals surface area contributed by atoms with Crippen molar-refractivity contribution in [1.29, 1.82) is 0 Å². The molecule has 144 valence electrons. The number of hydrazine groups is 1. The molecule has 2 aliphatic rings. The second-order valence-corrected chi connectivity index (χ2v) is 7.16. The van der Waals surface area contributed by atoms with Crippen molar-refractivity contribution >= 4 is 23.8 Å². The van der Waals surface area contributed by atoms with Gasteiger partial charge < -0.3 is 10.1 Å². The van der Waals surface area contributed by atoms with Gasteiger partial charge >= 0.3 is 12.0 Å². The van der Waals surface area contributed by atoms with Gasteiger partial charge in [0.1, 0.15) is 5.54 Å². The van der Waals surface area contributed by atoms with Gasteiger partial charge in [-0.25, -0.2) is 4.79 Å². The van der Waals surface area contributed by atoms with Crippen molar-refractivity contribution in [1.82, 2.24) is 15.8 Å². The zero-order valence-corrected chi connectivity index (χ0v) is 15.2. The van der Waals surface area contributed by atoms with Gasteiger partial charge in [-0.3, -0.25) is 19.8 Å². The van der Waals surface area contributed by atoms with Crippen molar-refractivity contribution in [2.45, 2.75) is 44.6 Å². The van der Waals surface area contributed by atoms with Gasteiger partial charge in [0.25, 0.3) is 11.8 Å². The third-order valence-corrected chi connectivity index (χ3v) is 5.04. The van der Waals surface area contributed by atoms with Crippen LogP contribution in [0.5, 0.6) is 0 Å². The molecule has 1 aliphatic heterocycles. The molecule has 0 aromatic heterocycles. The summed E-state index contributed by atoms with van der Waals surface area (Å²) >= 11 is 0. The molecule has 8 heteroatoms. The number of amides is 4. The zero-order chi connectivity index (χ0) is 19.4. The van der Waals surface area contributed by atoms with E-state index in [1.807, 2.05) is 30.3 Å². The van der Waals surface area contributed by atoms with Crippen LogP contribution in [0.25, 0.3) is 0 Å². The van der Waals surface area contributed by atoms with E-state index in [4.69, 9.17) is 4.74 Å². The highest BCUT2D eigenvalue weighted by Crippen LogP contribution is 2.27. The maximum atomic E-state index is 12.6. The number of nitrogens with zero attached hydrogens (tertiary/aromatic N) is 1. The van der Waals surface area contributed by atoms with Gasteiger partial charge in [0.15, 0.2) is 6.61 Å². The largest absolute Gasteiger partial charge is 0.455 e. The highest BCUT2D eigenvalue weighted by Gasteiger charge is 2.48. The molecule has 1 aromatic rings. The summed E-state index contributed by atoms with van der Waals surface area (Å²) in [7, 11) is 0. The summed E-state index contributed by atoms with van der Waals surface area (Å²) in [5, 5.41) is 3.28. The Labute approximate surface area is 157 Å². The second kappa shape index (κ2) is 7.77. The average Bonchev–Trinajstić information content (AvgIpc) is 2.81. The van der Waals surface area contributed by atoms with E-state index in [9.17, 15) is 19.2 Å². The Balaban J connectivity index is 1.51. The van der Waals surface area contributed by atoms with E-state index in [1.165, 1.54) is 0 Å². The van der Waals surface area contributed by atoms with E-state index in [0.29, 0.717) is 17.9 Å². The van der Waals surface area contributed by atoms with E-state index in [2.05, 4.69) is 10.7 Å². The van der Waals surface area contributed by atoms with Crippen LogP contribution in [0.15, 0.2) is 30.3 Å². The molecule has 1 heterocycles. The van der Waals surface area contributed by atoms with Crippen LogP contribution in [0, 0.1) is 5.92 Å². The molecule has 4 amide bonds. The summed E-state index contributed by atoms with van der Waals surface area (Å²) in [5.41, 5.74) is 2.16. The first-order valence-corrected chi connectivity index (χ1v) is 9.06. The number of rotatable bonds is 7. The number of esters is 1. The van der Waals surface area contributed by atoms with Crippen molar-refractivity contribution in [3.63, 3.8) is 0 Å². The number of carbonyl (C=O) groups excluding carboxylic acids is 4. The zero-order valence-electron chi connectivity index (χ0n) is 15.2. The highest BCUT2D eigenvalue weighted by molar-refractivity contribution is 6.07. The van der Waals surface area contributed by atoms with Crippen LogP contribution < -0.4 is 10.7 Å². The van der Waals surface area contributed by atoms with Crippen molar-refractivity contribution < 1.29 is 23.9 Å². The van der Waals surface area contributed by atoms with Gasteiger partial charge in [0.05, 0.1) is 5.92 Å². The summed E-state index contributed by atoms with van der Waals surface area (Å²) in [4.78, 5) is 48.3. The monoisotopic (exact) mass is 373 g/mol. The number of ether oxygens (including phenoxy) is 1. The lowest BCUT2D eigenvalue weighted by Gasteiger charge is -2.23. The maximum absolute atomic E-state index is 12.6. The van der Waals surface area contributed by atoms with Gasteiger partial charge in [-0.15, -0.1) is 0 Å². The summed E-state index contributed by atoms with van der Waals surface area (Å²) in [6, 6.07) is 8.91. The Kier molecular flexibility index (Phi) is 5.43. The molecule has 2 fully saturated rings. The van der Waals surface area contributed by atoms with Crippen LogP contribution >= 0.6 is 0 Å². The third-order valence-electron chi connectivity index (χ3n) is 5.04. The van der Waals surface area contributed by atoms with Crippen LogP contribution in [-0.2, 0) is 25.5 Å². The minimum atomic E-state index is -1.11. The first kappa shape index (κ1) is 18.9. The van der Waals surface area contributed by atoms with Gasteiger partial charge in [0.2, 0.25) is 0 Å². The molecule has 1 aromatic carbocycles. The number of hydrogen-bond donors (Lipinski definition) is 2. The van der Waals surface area contributed by atoms with E-state index in [-0.39, 0.29) is 5.92 Å². The fraction of sp³-hybridized carbons (Fsp3) is 0.474. The molecule has 27 heavy (non-hydrogen) atoms. The number of hydrogen-bond acceptors (Lipinski definition) is 5. The Morgan fingerprint density at radius 2 is 1.96 bits per heavy atom. The van der Waals surface area contributed by atoms with Crippen LogP contribution in [0.1, 0.15) is 38.2 Å². The average molecular weight is 373 g/mol. The standard InChI is InChI=1S/C19H23N3O5/c1-19(11-10-13-6-3-2-4-7-13)17(25)22(18(26)20-19)21-15(23)12-27-16(24)14-8-5-9-14/h2-4,6-7,14H,5,8-12H2,1H3,(H,20,26)(H,21,23)/t19-/m1/s1. The predicted octanol–water partition coefficient (Wildman–Crippen LogP) is 1.30. The molecule has 2 N–H and O–H groups in total. The van der Waals surface area contributed by atoms with Crippen molar-refractivity contribution in [3.05, 3.63) is 35.9 Å². The van der Waals surface area contributed by atoms with Crippen molar-refractivity contribution in [3.8, 4) is 0 Å². The lowest BCUT2D eigenvalue weighted by atomic mass is 9.86. The number of aryl methyl sites for hydroxylation is 1. The van der Waals surface area contributed by atoms with E-state index in [1.54, 1.807) is 6.92 Å². The highest BCUT2D eigenvalue weighted by atomic mass is 16.5. The Hall–Kier alpha value is -2.90. The summed E-state index contributed by atoms with van der Waals surface area (Å²) in [6.45, 7) is 1.10. The second-order valence-electron chi connectivity index (χ2n) is 7.16. The molecule has 8 nitrogen and oxygen atoms in total. The molecule has 1 atom stereocenters. The summed E-state index contributed by atoms with van der Waals surface area (Å²) in [5.74, 6) is -1.82. The van der Waals surface area contributed by atoms with Crippen LogP contribution in [-0.4, -0.2) is 41.0 Å². The molecule has 1 aliphatic carbocycles. The number of imide groups is 1. The molecule has 0 radical (unpaired) electrons. The fourth-order valence-electron chi connectivity index (χ4n) is 3.05. The maximum Gasteiger partial charge on any atom is 0.344 e. The van der Waals surface area contributed by atoms with E-state index >= 15 is 0 Å². The third kappa shape index (κ3) is 4.27. The Morgan fingerprint density at radius 3 is 2.59 bits per heavy atom. The topological polar surface area (TPSA) is 105 Å². The molecular weight excluding hydrogens is 350 g/mol. The molecule has 0 spiro atoms. The van der Waals surface area contributed by atoms with Gasteiger partial charge in [0, 0.05) is 0 Å². The normalized spacial score (nSPS) is 22.2.